The van der Waals surface area contributed by atoms with Crippen LogP contribution in [-0.2, 0) is 4.79 Å². The molecule has 48 valence electrons. The summed E-state index contributed by atoms with van der Waals surface area (Å²) in [7, 11) is 0. The van der Waals surface area contributed by atoms with Crippen LogP contribution >= 0.6 is 0 Å². The van der Waals surface area contributed by atoms with Gasteiger partial charge in [-0.15, -0.1) is 12.1 Å². The molecule has 0 aliphatic carbocycles. The molecule has 0 saturated carbocycles. The molecule has 0 heterocycles. The molecule has 1 rings (SSSR count). The van der Waals surface area contributed by atoms with Crippen molar-refractivity contribution in [3.63, 3.8) is 0 Å². The minimum Gasteiger partial charge on any atom is -1.00 e. The first-order valence-electron chi connectivity index (χ1n) is 2.36. The largest absolute Gasteiger partial charge is 2.00 e. The molecule has 0 atom stereocenters. The molecule has 0 aromatic heterocycles. The fourth-order valence-electron chi connectivity index (χ4n) is 0.506. The third-order valence-electron chi connectivity index (χ3n) is 0.892. The zero-order valence-corrected chi connectivity index (χ0v) is 6.79. The Hall–Kier alpha value is -0.414. The van der Waals surface area contributed by atoms with Gasteiger partial charge >= 0.3 is 23.1 Å². The smallest absolute Gasteiger partial charge is 1.00 e. The third-order valence-corrected chi connectivity index (χ3v) is 0.892. The van der Waals surface area contributed by atoms with Gasteiger partial charge in [-0.2, -0.15) is 17.7 Å². The van der Waals surface area contributed by atoms with Gasteiger partial charge in [-0.25, -0.2) is 0 Å². The van der Waals surface area contributed by atoms with Crippen LogP contribution in [0.1, 0.15) is 5.56 Å². The van der Waals surface area contributed by atoms with Gasteiger partial charge in [0.15, 0.2) is 0 Å². The summed E-state index contributed by atoms with van der Waals surface area (Å²) in [5.41, 5.74) is 0.604. The van der Waals surface area contributed by atoms with Crippen molar-refractivity contribution in [3.8, 4) is 0 Å². The van der Waals surface area contributed by atoms with Gasteiger partial charge in [0.2, 0.25) is 0 Å². The van der Waals surface area contributed by atoms with Crippen molar-refractivity contribution < 1.29 is 9.50 Å². The Bertz CT molecular complexity index is 176. The fraction of sp³-hybridized carbons (Fsp3) is 0. The van der Waals surface area contributed by atoms with Gasteiger partial charge < -0.3 is 9.50 Å². The minimum atomic E-state index is 0. The van der Waals surface area contributed by atoms with Crippen molar-refractivity contribution >= 4 is 29.3 Å². The average molecular weight is 148 g/mol. The Kier molecular flexibility index (Phi) is 8.23. The summed E-state index contributed by atoms with van der Waals surface area (Å²) in [6.45, 7) is 0. The molecule has 0 N–H and O–H groups in total. The average Bonchev–Trinajstić information content (AvgIpc) is 1.90. The summed E-state index contributed by atoms with van der Waals surface area (Å²) < 4.78 is 0. The van der Waals surface area contributed by atoms with E-state index in [1.807, 2.05) is 6.07 Å². The molecule has 10 heavy (non-hydrogen) atoms. The molecule has 0 saturated heterocycles. The predicted octanol–water partition coefficient (Wildman–Crippen LogP) is -2.23. The molecule has 1 aromatic rings. The van der Waals surface area contributed by atoms with Gasteiger partial charge in [0.25, 0.3) is 0 Å². The second-order valence-corrected chi connectivity index (χ2v) is 1.47. The Labute approximate surface area is 75.0 Å². The molecule has 1 nitrogen and oxygen atoms in total. The molecule has 0 amide bonds. The fourth-order valence-corrected chi connectivity index (χ4v) is 0.506. The topological polar surface area (TPSA) is 17.1 Å². The molecule has 0 aliphatic rings. The second-order valence-electron chi connectivity index (χ2n) is 1.47. The Balaban J connectivity index is 0. The van der Waals surface area contributed by atoms with E-state index in [0.29, 0.717) is 5.56 Å². The molecule has 0 bridgehead atoms. The summed E-state index contributed by atoms with van der Waals surface area (Å²) in [5.74, 6) is 0. The molecule has 0 aliphatic heterocycles. The summed E-state index contributed by atoms with van der Waals surface area (Å²) in [6, 6.07) is 8.90. The summed E-state index contributed by atoms with van der Waals surface area (Å²) in [4.78, 5) is 9.88. The van der Waals surface area contributed by atoms with E-state index in [1.165, 1.54) is 0 Å². The van der Waals surface area contributed by atoms with Crippen molar-refractivity contribution in [1.29, 1.82) is 0 Å². The van der Waals surface area contributed by atoms with E-state index in [-0.39, 0.29) is 27.8 Å². The van der Waals surface area contributed by atoms with Gasteiger partial charge in [-0.05, 0) is 0 Å². The minimum absolute atomic E-state index is 0. The first kappa shape index (κ1) is 12.3. The zero-order valence-electron chi connectivity index (χ0n) is 5.38. The molecule has 0 radical (unpaired) electrons. The van der Waals surface area contributed by atoms with Gasteiger partial charge in [0.1, 0.15) is 0 Å². The first-order valence-corrected chi connectivity index (χ1v) is 2.36. The van der Waals surface area contributed by atoms with Crippen LogP contribution in [0.25, 0.3) is 0 Å². The normalized spacial score (nSPS) is 6.80. The number of benzene rings is 1. The van der Waals surface area contributed by atoms with E-state index < -0.39 is 0 Å². The third kappa shape index (κ3) is 3.58. The van der Waals surface area contributed by atoms with E-state index in [4.69, 9.17) is 0 Å². The van der Waals surface area contributed by atoms with Crippen molar-refractivity contribution in [2.24, 2.45) is 0 Å². The first-order chi connectivity index (χ1) is 3.93. The summed E-state index contributed by atoms with van der Waals surface area (Å²) in [6.07, 6.45) is 1.78. The SMILES string of the molecule is O=[C-]c1ccccc1.[F-].[Mg+2]. The number of hydrogen-bond donors (Lipinski definition) is 0. The Morgan fingerprint density at radius 3 is 1.90 bits per heavy atom. The van der Waals surface area contributed by atoms with Gasteiger partial charge in [-0.3, -0.25) is 0 Å². The predicted molar refractivity (Wildman–Crippen MR) is 37.0 cm³/mol. The monoisotopic (exact) mass is 148 g/mol. The standard InChI is InChI=1S/C7H5O.FH.Mg/c8-6-7-4-2-1-3-5-7;;/h1-5H;1H;/q-1;;+2/p-1. The molecule has 0 spiro atoms. The van der Waals surface area contributed by atoms with Gasteiger partial charge in [-0.1, -0.05) is 6.07 Å². The van der Waals surface area contributed by atoms with E-state index in [0.717, 1.165) is 0 Å². The number of carbonyl (C=O) groups excluding carboxylic acids is 1. The number of halogens is 1. The summed E-state index contributed by atoms with van der Waals surface area (Å²) in [5, 5.41) is 0. The van der Waals surface area contributed by atoms with Crippen LogP contribution < -0.4 is 4.70 Å². The van der Waals surface area contributed by atoms with E-state index in [2.05, 4.69) is 0 Å². The molecular formula is C7H5FMgO. The maximum Gasteiger partial charge on any atom is 2.00 e. The maximum atomic E-state index is 9.88. The Morgan fingerprint density at radius 1 is 1.10 bits per heavy atom. The van der Waals surface area contributed by atoms with Crippen LogP contribution in [0.5, 0.6) is 0 Å². The van der Waals surface area contributed by atoms with E-state index >= 15 is 0 Å². The van der Waals surface area contributed by atoms with Crippen molar-refractivity contribution in [3.05, 3.63) is 35.9 Å². The number of rotatable bonds is 1. The van der Waals surface area contributed by atoms with Crippen LogP contribution in [0, 0.1) is 0 Å². The van der Waals surface area contributed by atoms with E-state index in [1.54, 1.807) is 30.6 Å². The van der Waals surface area contributed by atoms with E-state index in [9.17, 15) is 4.79 Å². The molecule has 1 aromatic carbocycles. The van der Waals surface area contributed by atoms with Crippen molar-refractivity contribution in [1.82, 2.24) is 0 Å². The maximum absolute atomic E-state index is 9.88. The zero-order chi connectivity index (χ0) is 5.82. The van der Waals surface area contributed by atoms with Crippen LogP contribution in [0.2, 0.25) is 0 Å². The molecule has 3 heteroatoms. The van der Waals surface area contributed by atoms with Crippen molar-refractivity contribution in [2.45, 2.75) is 0 Å². The van der Waals surface area contributed by atoms with Gasteiger partial charge in [0.05, 0.1) is 6.29 Å². The van der Waals surface area contributed by atoms with Crippen LogP contribution in [0.3, 0.4) is 0 Å². The van der Waals surface area contributed by atoms with Crippen molar-refractivity contribution in [2.75, 3.05) is 0 Å². The van der Waals surface area contributed by atoms with Crippen LogP contribution in [0.15, 0.2) is 30.3 Å². The molecule has 0 unspecified atom stereocenters. The van der Waals surface area contributed by atoms with Crippen LogP contribution in [0.4, 0.5) is 0 Å². The molecule has 0 fully saturated rings. The molecular weight excluding hydrogens is 143 g/mol. The second kappa shape index (κ2) is 6.70. The number of hydrogen-bond acceptors (Lipinski definition) is 1. The van der Waals surface area contributed by atoms with Gasteiger partial charge in [0, 0.05) is 0 Å². The Morgan fingerprint density at radius 2 is 1.60 bits per heavy atom. The summed E-state index contributed by atoms with van der Waals surface area (Å²) >= 11 is 0. The van der Waals surface area contributed by atoms with Crippen LogP contribution in [-0.4, -0.2) is 29.3 Å². The quantitative estimate of drug-likeness (QED) is 0.325.